The summed E-state index contributed by atoms with van der Waals surface area (Å²) in [5.74, 6) is 0.269. The quantitative estimate of drug-likeness (QED) is 0.813. The third-order valence-corrected chi connectivity index (χ3v) is 3.78. The zero-order chi connectivity index (χ0) is 17.6. The molecule has 0 aliphatic carbocycles. The predicted molar refractivity (Wildman–Crippen MR) is 92.9 cm³/mol. The molecule has 3 rings (SSSR count). The van der Waals surface area contributed by atoms with Crippen molar-refractivity contribution >= 4 is 11.6 Å². The summed E-state index contributed by atoms with van der Waals surface area (Å²) in [4.78, 5) is 12.5. The molecule has 0 saturated carbocycles. The molecule has 1 heterocycles. The van der Waals surface area contributed by atoms with E-state index >= 15 is 0 Å². The Balaban J connectivity index is 1.77. The van der Waals surface area contributed by atoms with E-state index in [-0.39, 0.29) is 11.7 Å². The lowest BCUT2D eigenvalue weighted by molar-refractivity contribution is -0.183. The minimum atomic E-state index is -0.480. The number of carbonyl (C=O) groups is 1. The number of rotatable bonds is 5. The summed E-state index contributed by atoms with van der Waals surface area (Å²) in [5, 5.41) is 12.8. The van der Waals surface area contributed by atoms with Crippen LogP contribution in [0.4, 0.5) is 5.69 Å². The fourth-order valence-electron chi connectivity index (χ4n) is 2.57. The Hall–Kier alpha value is -2.57. The van der Waals surface area contributed by atoms with Gasteiger partial charge in [-0.05, 0) is 43.7 Å². The highest BCUT2D eigenvalue weighted by Gasteiger charge is 2.19. The molecule has 25 heavy (non-hydrogen) atoms. The van der Waals surface area contributed by atoms with Gasteiger partial charge in [0, 0.05) is 11.1 Å². The molecule has 2 aromatic carbocycles. The number of carbonyl (C=O) groups excluding carboxylic acids is 1. The first-order chi connectivity index (χ1) is 12.2. The second-order valence-electron chi connectivity index (χ2n) is 5.62. The number of hydrogen-bond donors (Lipinski definition) is 2. The Morgan fingerprint density at radius 1 is 1.24 bits per heavy atom. The normalized spacial score (nSPS) is 14.9. The summed E-state index contributed by atoms with van der Waals surface area (Å²) in [7, 11) is 0. The highest BCUT2D eigenvalue weighted by molar-refractivity contribution is 6.05. The van der Waals surface area contributed by atoms with Crippen LogP contribution in [0.2, 0.25) is 0 Å². The van der Waals surface area contributed by atoms with E-state index < -0.39 is 6.29 Å². The van der Waals surface area contributed by atoms with Crippen LogP contribution in [0.25, 0.3) is 0 Å². The molecule has 2 N–H and O–H groups in total. The second kappa shape index (κ2) is 8.00. The van der Waals surface area contributed by atoms with Crippen molar-refractivity contribution < 1.29 is 24.1 Å². The van der Waals surface area contributed by atoms with Gasteiger partial charge < -0.3 is 24.6 Å². The number of nitrogens with one attached hydrogen (secondary N) is 1. The van der Waals surface area contributed by atoms with Crippen LogP contribution < -0.4 is 10.1 Å². The maximum atomic E-state index is 12.5. The van der Waals surface area contributed by atoms with Gasteiger partial charge in [0.15, 0.2) is 6.29 Å². The Morgan fingerprint density at radius 3 is 2.80 bits per heavy atom. The van der Waals surface area contributed by atoms with Gasteiger partial charge in [0.25, 0.3) is 5.91 Å². The first-order valence-corrected chi connectivity index (χ1v) is 8.27. The first kappa shape index (κ1) is 17.3. The van der Waals surface area contributed by atoms with Crippen LogP contribution in [0.1, 0.15) is 35.6 Å². The van der Waals surface area contributed by atoms with Crippen molar-refractivity contribution in [1.82, 2.24) is 0 Å². The average molecular weight is 343 g/mol. The van der Waals surface area contributed by atoms with Crippen LogP contribution in [0.3, 0.4) is 0 Å². The summed E-state index contributed by atoms with van der Waals surface area (Å²) < 4.78 is 16.5. The molecule has 1 aliphatic heterocycles. The highest BCUT2D eigenvalue weighted by Crippen LogP contribution is 2.31. The van der Waals surface area contributed by atoms with Crippen molar-refractivity contribution in [3.63, 3.8) is 0 Å². The Bertz CT molecular complexity index is 740. The zero-order valence-corrected chi connectivity index (χ0v) is 14.0. The van der Waals surface area contributed by atoms with Crippen molar-refractivity contribution in [3.05, 3.63) is 53.6 Å². The summed E-state index contributed by atoms with van der Waals surface area (Å²) in [5.41, 5.74) is 1.50. The van der Waals surface area contributed by atoms with Crippen LogP contribution in [0.5, 0.6) is 11.5 Å². The molecule has 0 unspecified atom stereocenters. The average Bonchev–Trinajstić information content (AvgIpc) is 2.65. The van der Waals surface area contributed by atoms with Gasteiger partial charge in [0.05, 0.1) is 25.5 Å². The number of aromatic hydroxyl groups is 1. The van der Waals surface area contributed by atoms with Gasteiger partial charge in [-0.3, -0.25) is 4.79 Å². The molecule has 6 heteroatoms. The summed E-state index contributed by atoms with van der Waals surface area (Å²) in [6, 6.07) is 11.8. The molecule has 0 aromatic heterocycles. The molecule has 0 spiro atoms. The van der Waals surface area contributed by atoms with E-state index in [9.17, 15) is 9.90 Å². The van der Waals surface area contributed by atoms with Gasteiger partial charge in [0.2, 0.25) is 0 Å². The largest absolute Gasteiger partial charge is 0.506 e. The Labute approximate surface area is 146 Å². The number of benzene rings is 2. The summed E-state index contributed by atoms with van der Waals surface area (Å²) in [6.07, 6.45) is 0.375. The molecule has 0 radical (unpaired) electrons. The van der Waals surface area contributed by atoms with Gasteiger partial charge in [-0.1, -0.05) is 12.1 Å². The van der Waals surface area contributed by atoms with Crippen molar-refractivity contribution in [2.24, 2.45) is 0 Å². The monoisotopic (exact) mass is 343 g/mol. The van der Waals surface area contributed by atoms with Gasteiger partial charge >= 0.3 is 0 Å². The molecule has 0 atom stereocenters. The number of hydrogen-bond acceptors (Lipinski definition) is 5. The number of phenols is 1. The van der Waals surface area contributed by atoms with E-state index in [1.54, 1.807) is 36.4 Å². The smallest absolute Gasteiger partial charge is 0.255 e. The summed E-state index contributed by atoms with van der Waals surface area (Å²) >= 11 is 0. The third-order valence-electron chi connectivity index (χ3n) is 3.78. The number of anilines is 1. The molecule has 1 amide bonds. The number of phenolic OH excluding ortho intramolecular Hbond substituents is 1. The fraction of sp³-hybridized carbons (Fsp3) is 0.316. The van der Waals surface area contributed by atoms with Crippen molar-refractivity contribution in [2.75, 3.05) is 25.1 Å². The maximum Gasteiger partial charge on any atom is 0.255 e. The topological polar surface area (TPSA) is 77.0 Å². The molecule has 132 valence electrons. The highest BCUT2D eigenvalue weighted by atomic mass is 16.7. The van der Waals surface area contributed by atoms with E-state index in [2.05, 4.69) is 5.32 Å². The van der Waals surface area contributed by atoms with Crippen molar-refractivity contribution in [1.29, 1.82) is 0 Å². The third kappa shape index (κ3) is 4.29. The second-order valence-corrected chi connectivity index (χ2v) is 5.62. The van der Waals surface area contributed by atoms with E-state index in [4.69, 9.17) is 14.2 Å². The lowest BCUT2D eigenvalue weighted by atomic mass is 10.1. The van der Waals surface area contributed by atoms with Crippen LogP contribution >= 0.6 is 0 Å². The molecular weight excluding hydrogens is 322 g/mol. The SMILES string of the molecule is CCOc1cccc(C(=O)Nc2cc(C3OCCCO3)ccc2O)c1. The molecular formula is C19H21NO5. The van der Waals surface area contributed by atoms with Gasteiger partial charge in [0.1, 0.15) is 11.5 Å². The number of amides is 1. The van der Waals surface area contributed by atoms with E-state index in [0.717, 1.165) is 12.0 Å². The van der Waals surface area contributed by atoms with E-state index in [1.807, 2.05) is 6.92 Å². The van der Waals surface area contributed by atoms with Crippen LogP contribution in [0.15, 0.2) is 42.5 Å². The maximum absolute atomic E-state index is 12.5. The fourth-order valence-corrected chi connectivity index (χ4v) is 2.57. The van der Waals surface area contributed by atoms with Gasteiger partial charge in [-0.25, -0.2) is 0 Å². The molecule has 0 bridgehead atoms. The Morgan fingerprint density at radius 2 is 2.04 bits per heavy atom. The molecule has 2 aromatic rings. The lowest BCUT2D eigenvalue weighted by Crippen LogP contribution is -2.18. The molecule has 1 fully saturated rings. The minimum absolute atomic E-state index is 0.0196. The van der Waals surface area contributed by atoms with E-state index in [1.165, 1.54) is 6.07 Å². The number of ether oxygens (including phenoxy) is 3. The van der Waals surface area contributed by atoms with E-state index in [0.29, 0.717) is 36.8 Å². The van der Waals surface area contributed by atoms with Gasteiger partial charge in [-0.15, -0.1) is 0 Å². The first-order valence-electron chi connectivity index (χ1n) is 8.27. The van der Waals surface area contributed by atoms with Crippen molar-refractivity contribution in [2.45, 2.75) is 19.6 Å². The lowest BCUT2D eigenvalue weighted by Gasteiger charge is -2.24. The van der Waals surface area contributed by atoms with Crippen LogP contribution in [-0.2, 0) is 9.47 Å². The molecule has 1 saturated heterocycles. The minimum Gasteiger partial charge on any atom is -0.506 e. The van der Waals surface area contributed by atoms with Crippen LogP contribution in [-0.4, -0.2) is 30.8 Å². The van der Waals surface area contributed by atoms with Crippen molar-refractivity contribution in [3.8, 4) is 11.5 Å². The zero-order valence-electron chi connectivity index (χ0n) is 14.0. The standard InChI is InChI=1S/C19H21NO5/c1-2-23-15-6-3-5-13(11-15)18(22)20-16-12-14(7-8-17(16)21)19-24-9-4-10-25-19/h3,5-8,11-12,19,21H,2,4,9-10H2,1H3,(H,20,22). The van der Waals surface area contributed by atoms with Crippen LogP contribution in [0, 0.1) is 0 Å². The molecule has 1 aliphatic rings. The van der Waals surface area contributed by atoms with Gasteiger partial charge in [-0.2, -0.15) is 0 Å². The molecule has 6 nitrogen and oxygen atoms in total. The predicted octanol–water partition coefficient (Wildman–Crippen LogP) is 3.48. The summed E-state index contributed by atoms with van der Waals surface area (Å²) in [6.45, 7) is 3.65. The Kier molecular flexibility index (Phi) is 5.53.